The Kier molecular flexibility index (Phi) is 4.80. The molecule has 0 aliphatic heterocycles. The second-order valence-corrected chi connectivity index (χ2v) is 5.08. The molecule has 0 saturated heterocycles. The number of carboxylic acids is 1. The lowest BCUT2D eigenvalue weighted by Gasteiger charge is -2.21. The van der Waals surface area contributed by atoms with E-state index >= 15 is 0 Å². The van der Waals surface area contributed by atoms with E-state index in [1.54, 1.807) is 0 Å². The van der Waals surface area contributed by atoms with Crippen molar-refractivity contribution < 1.29 is 14.6 Å². The van der Waals surface area contributed by atoms with Crippen LogP contribution in [0.4, 0.5) is 0 Å². The third-order valence-corrected chi connectivity index (χ3v) is 3.31. The van der Waals surface area contributed by atoms with Crippen molar-refractivity contribution in [3.05, 3.63) is 29.8 Å². The minimum atomic E-state index is -0.731. The van der Waals surface area contributed by atoms with Crippen molar-refractivity contribution >= 4 is 5.97 Å². The lowest BCUT2D eigenvalue weighted by Crippen LogP contribution is -2.32. The van der Waals surface area contributed by atoms with E-state index in [0.29, 0.717) is 19.2 Å². The number of nitrogens with zero attached hydrogens (tertiary/aromatic N) is 1. The molecule has 1 aromatic rings. The zero-order valence-corrected chi connectivity index (χ0v) is 11.3. The van der Waals surface area contributed by atoms with Gasteiger partial charge in [0.25, 0.3) is 0 Å². The summed E-state index contributed by atoms with van der Waals surface area (Å²) >= 11 is 0. The Bertz CT molecular complexity index is 429. The molecule has 0 atom stereocenters. The Labute approximate surface area is 114 Å². The normalized spacial score (nSPS) is 14.6. The number of hydrogen-bond acceptors (Lipinski definition) is 3. The molecule has 2 rings (SSSR count). The summed E-state index contributed by atoms with van der Waals surface area (Å²) in [4.78, 5) is 12.8. The van der Waals surface area contributed by atoms with Gasteiger partial charge in [-0.25, -0.2) is 0 Å². The highest BCUT2D eigenvalue weighted by Gasteiger charge is 2.28. The molecule has 0 heterocycles. The van der Waals surface area contributed by atoms with Gasteiger partial charge in [-0.05, 0) is 37.5 Å². The largest absolute Gasteiger partial charge is 0.492 e. The van der Waals surface area contributed by atoms with Crippen LogP contribution in [0.3, 0.4) is 0 Å². The minimum Gasteiger partial charge on any atom is -0.492 e. The number of aryl methyl sites for hydroxylation is 1. The van der Waals surface area contributed by atoms with Crippen LogP contribution < -0.4 is 4.74 Å². The maximum absolute atomic E-state index is 10.6. The maximum atomic E-state index is 10.6. The average Bonchev–Trinajstić information content (AvgIpc) is 3.17. The standard InChI is InChI=1S/C15H21NO3/c1-12-3-2-4-14(11-12)19-10-9-16(13-5-6-13)8-7-15(17)18/h2-4,11,13H,5-10H2,1H3,(H,17,18). The molecule has 1 aliphatic rings. The van der Waals surface area contributed by atoms with Crippen molar-refractivity contribution in [1.29, 1.82) is 0 Å². The summed E-state index contributed by atoms with van der Waals surface area (Å²) in [5.41, 5.74) is 1.18. The maximum Gasteiger partial charge on any atom is 0.304 e. The Balaban J connectivity index is 1.74. The van der Waals surface area contributed by atoms with E-state index in [1.807, 2.05) is 31.2 Å². The van der Waals surface area contributed by atoms with E-state index in [9.17, 15) is 4.79 Å². The van der Waals surface area contributed by atoms with Gasteiger partial charge in [0.1, 0.15) is 12.4 Å². The van der Waals surface area contributed by atoms with E-state index in [0.717, 1.165) is 12.3 Å². The third kappa shape index (κ3) is 4.91. The Morgan fingerprint density at radius 1 is 1.42 bits per heavy atom. The molecular weight excluding hydrogens is 242 g/mol. The number of ether oxygens (including phenoxy) is 1. The lowest BCUT2D eigenvalue weighted by atomic mass is 10.2. The van der Waals surface area contributed by atoms with Crippen LogP contribution in [-0.4, -0.2) is 41.7 Å². The number of hydrogen-bond donors (Lipinski definition) is 1. The fraction of sp³-hybridized carbons (Fsp3) is 0.533. The van der Waals surface area contributed by atoms with Gasteiger partial charge in [0.2, 0.25) is 0 Å². The zero-order chi connectivity index (χ0) is 13.7. The van der Waals surface area contributed by atoms with Gasteiger partial charge in [-0.1, -0.05) is 12.1 Å². The van der Waals surface area contributed by atoms with Crippen LogP contribution in [0.1, 0.15) is 24.8 Å². The molecule has 1 aliphatic carbocycles. The Morgan fingerprint density at radius 3 is 2.84 bits per heavy atom. The van der Waals surface area contributed by atoms with E-state index in [-0.39, 0.29) is 6.42 Å². The number of rotatable bonds is 8. The van der Waals surface area contributed by atoms with Gasteiger partial charge in [0, 0.05) is 19.1 Å². The van der Waals surface area contributed by atoms with Crippen LogP contribution in [-0.2, 0) is 4.79 Å². The van der Waals surface area contributed by atoms with Gasteiger partial charge in [0.05, 0.1) is 6.42 Å². The third-order valence-electron chi connectivity index (χ3n) is 3.31. The van der Waals surface area contributed by atoms with Crippen molar-refractivity contribution in [1.82, 2.24) is 4.90 Å². The van der Waals surface area contributed by atoms with Crippen molar-refractivity contribution in [2.24, 2.45) is 0 Å². The Hall–Kier alpha value is -1.55. The molecule has 0 radical (unpaired) electrons. The first-order valence-electron chi connectivity index (χ1n) is 6.80. The highest BCUT2D eigenvalue weighted by molar-refractivity contribution is 5.66. The summed E-state index contributed by atoms with van der Waals surface area (Å²) in [5, 5.41) is 8.74. The lowest BCUT2D eigenvalue weighted by molar-refractivity contribution is -0.137. The van der Waals surface area contributed by atoms with Gasteiger partial charge in [-0.3, -0.25) is 9.69 Å². The zero-order valence-electron chi connectivity index (χ0n) is 11.3. The van der Waals surface area contributed by atoms with Crippen molar-refractivity contribution in [3.63, 3.8) is 0 Å². The highest BCUT2D eigenvalue weighted by Crippen LogP contribution is 2.26. The van der Waals surface area contributed by atoms with Gasteiger partial charge in [-0.15, -0.1) is 0 Å². The van der Waals surface area contributed by atoms with Crippen LogP contribution in [0, 0.1) is 6.92 Å². The number of benzene rings is 1. The number of carbonyl (C=O) groups is 1. The minimum absolute atomic E-state index is 0.209. The van der Waals surface area contributed by atoms with Crippen LogP contribution in [0.2, 0.25) is 0 Å². The summed E-state index contributed by atoms with van der Waals surface area (Å²) in [6.07, 6.45) is 2.58. The first kappa shape index (κ1) is 13.9. The van der Waals surface area contributed by atoms with Crippen molar-refractivity contribution in [2.75, 3.05) is 19.7 Å². The summed E-state index contributed by atoms with van der Waals surface area (Å²) in [5.74, 6) is 0.152. The number of aliphatic carboxylic acids is 1. The van der Waals surface area contributed by atoms with Gasteiger partial charge in [-0.2, -0.15) is 0 Å². The molecule has 0 aromatic heterocycles. The molecule has 1 fully saturated rings. The predicted octanol–water partition coefficient (Wildman–Crippen LogP) is 2.31. The molecule has 19 heavy (non-hydrogen) atoms. The highest BCUT2D eigenvalue weighted by atomic mass is 16.5. The molecule has 0 spiro atoms. The summed E-state index contributed by atoms with van der Waals surface area (Å²) in [6, 6.07) is 8.55. The van der Waals surface area contributed by atoms with E-state index in [4.69, 9.17) is 9.84 Å². The smallest absolute Gasteiger partial charge is 0.304 e. The average molecular weight is 263 g/mol. The van der Waals surface area contributed by atoms with E-state index < -0.39 is 5.97 Å². The molecule has 104 valence electrons. The Morgan fingerprint density at radius 2 is 2.21 bits per heavy atom. The van der Waals surface area contributed by atoms with Crippen LogP contribution in [0.5, 0.6) is 5.75 Å². The van der Waals surface area contributed by atoms with E-state index in [2.05, 4.69) is 4.90 Å². The topological polar surface area (TPSA) is 49.8 Å². The fourth-order valence-corrected chi connectivity index (χ4v) is 2.14. The second-order valence-electron chi connectivity index (χ2n) is 5.08. The van der Waals surface area contributed by atoms with Crippen LogP contribution in [0.25, 0.3) is 0 Å². The van der Waals surface area contributed by atoms with Gasteiger partial charge < -0.3 is 9.84 Å². The monoisotopic (exact) mass is 263 g/mol. The molecule has 1 saturated carbocycles. The van der Waals surface area contributed by atoms with Crippen LogP contribution in [0.15, 0.2) is 24.3 Å². The summed E-state index contributed by atoms with van der Waals surface area (Å²) in [7, 11) is 0. The fourth-order valence-electron chi connectivity index (χ4n) is 2.14. The predicted molar refractivity (Wildman–Crippen MR) is 73.5 cm³/mol. The van der Waals surface area contributed by atoms with Crippen molar-refractivity contribution in [2.45, 2.75) is 32.2 Å². The summed E-state index contributed by atoms with van der Waals surface area (Å²) < 4.78 is 5.71. The molecule has 1 N–H and O–H groups in total. The molecule has 0 unspecified atom stereocenters. The first-order valence-corrected chi connectivity index (χ1v) is 6.80. The molecule has 0 bridgehead atoms. The molecular formula is C15H21NO3. The van der Waals surface area contributed by atoms with Gasteiger partial charge >= 0.3 is 5.97 Å². The number of carboxylic acid groups (broad SMARTS) is 1. The van der Waals surface area contributed by atoms with Crippen LogP contribution >= 0.6 is 0 Å². The quantitative estimate of drug-likeness (QED) is 0.782. The second kappa shape index (κ2) is 6.57. The first-order chi connectivity index (χ1) is 9.15. The molecule has 1 aromatic carbocycles. The molecule has 0 amide bonds. The molecule has 4 nitrogen and oxygen atoms in total. The van der Waals surface area contributed by atoms with E-state index in [1.165, 1.54) is 18.4 Å². The molecule has 4 heteroatoms. The summed E-state index contributed by atoms with van der Waals surface area (Å²) in [6.45, 7) is 4.07. The SMILES string of the molecule is Cc1cccc(OCCN(CCC(=O)O)C2CC2)c1. The van der Waals surface area contributed by atoms with Gasteiger partial charge in [0.15, 0.2) is 0 Å². The van der Waals surface area contributed by atoms with Crippen molar-refractivity contribution in [3.8, 4) is 5.75 Å².